The molecule has 2 aliphatic heterocycles. The van der Waals surface area contributed by atoms with Crippen LogP contribution in [0.15, 0.2) is 0 Å². The molecule has 0 radical (unpaired) electrons. The molecule has 2 rings (SSSR count). The van der Waals surface area contributed by atoms with Crippen LogP contribution in [0.1, 0.15) is 33.1 Å². The summed E-state index contributed by atoms with van der Waals surface area (Å²) in [5.41, 5.74) is -1.26. The van der Waals surface area contributed by atoms with Crippen LogP contribution in [0.25, 0.3) is 0 Å². The van der Waals surface area contributed by atoms with Gasteiger partial charge < -0.3 is 30.5 Å². The first-order valence-corrected chi connectivity index (χ1v) is 11.4. The average Bonchev–Trinajstić information content (AvgIpc) is 2.94. The van der Waals surface area contributed by atoms with Crippen molar-refractivity contribution in [3.05, 3.63) is 0 Å². The van der Waals surface area contributed by atoms with Crippen molar-refractivity contribution < 1.29 is 34.2 Å². The van der Waals surface area contributed by atoms with E-state index in [-0.39, 0.29) is 6.17 Å². The normalized spacial score (nSPS) is 40.1. The molecule has 1 amide bonds. The highest BCUT2D eigenvalue weighted by atomic mass is 32.2. The van der Waals surface area contributed by atoms with Gasteiger partial charge in [-0.25, -0.2) is 0 Å². The summed E-state index contributed by atoms with van der Waals surface area (Å²) in [5, 5.41) is 43.6. The van der Waals surface area contributed by atoms with Crippen LogP contribution in [-0.2, 0) is 20.3 Å². The average molecular weight is 423 g/mol. The third-order valence-corrected chi connectivity index (χ3v) is 6.79. The summed E-state index contributed by atoms with van der Waals surface area (Å²) in [5.74, 6) is -1.23. The Bertz CT molecular complexity index is 564. The first kappa shape index (κ1) is 23.7. The van der Waals surface area contributed by atoms with Crippen molar-refractivity contribution in [3.63, 3.8) is 0 Å². The van der Waals surface area contributed by atoms with E-state index in [1.807, 2.05) is 11.9 Å². The Morgan fingerprint density at radius 3 is 2.46 bits per heavy atom. The van der Waals surface area contributed by atoms with Crippen LogP contribution in [-0.4, -0.2) is 97.4 Å². The van der Waals surface area contributed by atoms with E-state index in [2.05, 4.69) is 12.2 Å². The predicted octanol–water partition coefficient (Wildman–Crippen LogP) is -1.64. The molecule has 0 aromatic carbocycles. The number of ether oxygens (including phenoxy) is 1. The number of aliphatic hydroxyl groups is 4. The van der Waals surface area contributed by atoms with E-state index in [0.717, 1.165) is 25.8 Å². The van der Waals surface area contributed by atoms with Crippen LogP contribution in [0.4, 0.5) is 0 Å². The molecule has 0 spiro atoms. The van der Waals surface area contributed by atoms with E-state index in [1.54, 1.807) is 0 Å². The minimum Gasteiger partial charge on any atom is -0.392 e. The maximum Gasteiger partial charge on any atom is 0.229 e. The number of likely N-dealkylation sites (tertiary alicyclic amines) is 1. The van der Waals surface area contributed by atoms with Gasteiger partial charge in [0.25, 0.3) is 0 Å². The molecule has 10 atom stereocenters. The van der Waals surface area contributed by atoms with E-state index >= 15 is 0 Å². The van der Waals surface area contributed by atoms with E-state index in [0.29, 0.717) is 5.92 Å². The van der Waals surface area contributed by atoms with E-state index < -0.39 is 58.6 Å². The van der Waals surface area contributed by atoms with Gasteiger partial charge in [-0.3, -0.25) is 13.9 Å². The zero-order chi connectivity index (χ0) is 21.2. The second kappa shape index (κ2) is 9.92. The van der Waals surface area contributed by atoms with Crippen LogP contribution < -0.4 is 5.32 Å². The molecule has 28 heavy (non-hydrogen) atoms. The molecule has 5 N–H and O–H groups in total. The molecule has 2 saturated heterocycles. The Morgan fingerprint density at radius 2 is 1.93 bits per heavy atom. The molecule has 2 aliphatic rings. The molecule has 2 heterocycles. The van der Waals surface area contributed by atoms with Gasteiger partial charge in [0.2, 0.25) is 5.91 Å². The summed E-state index contributed by atoms with van der Waals surface area (Å²) in [6.07, 6.45) is -3.25. The molecule has 0 aromatic heterocycles. The van der Waals surface area contributed by atoms with E-state index in [9.17, 15) is 29.4 Å². The molecular formula is C18H34N2O7S. The zero-order valence-electron chi connectivity index (χ0n) is 16.9. The second-order valence-corrected chi connectivity index (χ2v) is 9.52. The van der Waals surface area contributed by atoms with Crippen LogP contribution in [0.2, 0.25) is 0 Å². The largest absolute Gasteiger partial charge is 0.392 e. The number of aliphatic hydroxyl groups excluding tert-OH is 4. The van der Waals surface area contributed by atoms with Crippen LogP contribution in [0.3, 0.4) is 0 Å². The maximum absolute atomic E-state index is 13.0. The van der Waals surface area contributed by atoms with Gasteiger partial charge in [0.1, 0.15) is 24.4 Å². The highest BCUT2D eigenvalue weighted by Crippen LogP contribution is 2.30. The molecule has 0 unspecified atom stereocenters. The maximum atomic E-state index is 13.0. The molecule has 0 saturated carbocycles. The van der Waals surface area contributed by atoms with Crippen molar-refractivity contribution in [2.75, 3.05) is 19.8 Å². The van der Waals surface area contributed by atoms with Gasteiger partial charge in [0.05, 0.1) is 29.0 Å². The summed E-state index contributed by atoms with van der Waals surface area (Å²) in [7, 11) is 0.254. The quantitative estimate of drug-likeness (QED) is 0.329. The Labute approximate surface area is 168 Å². The van der Waals surface area contributed by atoms with Gasteiger partial charge >= 0.3 is 0 Å². The Morgan fingerprint density at radius 1 is 1.29 bits per heavy atom. The van der Waals surface area contributed by atoms with Gasteiger partial charge in [0.15, 0.2) is 5.44 Å². The van der Waals surface area contributed by atoms with Crippen LogP contribution >= 0.6 is 0 Å². The lowest BCUT2D eigenvalue weighted by Crippen LogP contribution is -2.63. The summed E-state index contributed by atoms with van der Waals surface area (Å²) >= 11 is 0. The fraction of sp³-hybridized carbons (Fsp3) is 0.944. The summed E-state index contributed by atoms with van der Waals surface area (Å²) in [6.45, 7) is 4.38. The summed E-state index contributed by atoms with van der Waals surface area (Å²) in [4.78, 5) is 15.0. The van der Waals surface area contributed by atoms with E-state index in [4.69, 9.17) is 4.74 Å². The van der Waals surface area contributed by atoms with Crippen LogP contribution in [0.5, 0.6) is 0 Å². The zero-order valence-corrected chi connectivity index (χ0v) is 17.7. The lowest BCUT2D eigenvalue weighted by atomic mass is 9.86. The molecular weight excluding hydrogens is 388 g/mol. The highest BCUT2D eigenvalue weighted by molar-refractivity contribution is 7.84. The number of carbonyl (C=O) groups is 1. The van der Waals surface area contributed by atoms with Gasteiger partial charge in [-0.15, -0.1) is 0 Å². The third-order valence-electron chi connectivity index (χ3n) is 5.75. The number of carbonyl (C=O) groups excluding carboxylic acids is 1. The predicted molar refractivity (Wildman–Crippen MR) is 103 cm³/mol. The monoisotopic (exact) mass is 422 g/mol. The molecule has 0 bridgehead atoms. The van der Waals surface area contributed by atoms with Gasteiger partial charge in [-0.1, -0.05) is 13.3 Å². The summed E-state index contributed by atoms with van der Waals surface area (Å²) < 4.78 is 17.4. The Hall–Kier alpha value is -0.620. The topological polar surface area (TPSA) is 140 Å². The standard InChI is InChI=1S/C18H34N2O7S/c1-5-6-10-7-11(20(3)8-10)19-17(25)12(9(2)21)16-14(23)13(22)15(24)18(27-16)28(4)26/h9-16,18,21-24H,5-8H2,1-4H3,(H,19,25)/t9-,10+,11-,12-,13+,14+,15-,16-,18+,28+/m0/s1. The number of amides is 1. The molecule has 10 heteroatoms. The second-order valence-electron chi connectivity index (χ2n) is 8.06. The van der Waals surface area contributed by atoms with Crippen molar-refractivity contribution >= 4 is 16.7 Å². The smallest absolute Gasteiger partial charge is 0.229 e. The molecule has 2 fully saturated rings. The Kier molecular flexibility index (Phi) is 8.38. The minimum absolute atomic E-state index is 0.197. The Balaban J connectivity index is 2.15. The number of nitrogens with zero attached hydrogens (tertiary/aromatic N) is 1. The van der Waals surface area contributed by atoms with Crippen molar-refractivity contribution in [3.8, 4) is 0 Å². The van der Waals surface area contributed by atoms with Crippen LogP contribution in [0, 0.1) is 11.8 Å². The molecule has 9 nitrogen and oxygen atoms in total. The number of hydrogen-bond donors (Lipinski definition) is 5. The molecule has 164 valence electrons. The van der Waals surface area contributed by atoms with Gasteiger partial charge in [0, 0.05) is 12.8 Å². The molecule has 0 aliphatic carbocycles. The highest BCUT2D eigenvalue weighted by Gasteiger charge is 2.51. The van der Waals surface area contributed by atoms with E-state index in [1.165, 1.54) is 13.2 Å². The van der Waals surface area contributed by atoms with Crippen molar-refractivity contribution in [1.82, 2.24) is 10.2 Å². The number of rotatable bonds is 7. The van der Waals surface area contributed by atoms with Crippen molar-refractivity contribution in [2.24, 2.45) is 11.8 Å². The number of hydrogen-bond acceptors (Lipinski definition) is 8. The van der Waals surface area contributed by atoms with Crippen molar-refractivity contribution in [2.45, 2.75) is 75.2 Å². The van der Waals surface area contributed by atoms with Gasteiger partial charge in [-0.05, 0) is 32.7 Å². The number of nitrogens with one attached hydrogen (secondary N) is 1. The first-order valence-electron chi connectivity index (χ1n) is 9.79. The lowest BCUT2D eigenvalue weighted by Gasteiger charge is -2.43. The first-order chi connectivity index (χ1) is 13.1. The fourth-order valence-electron chi connectivity index (χ4n) is 4.24. The van der Waals surface area contributed by atoms with Crippen molar-refractivity contribution in [1.29, 1.82) is 0 Å². The molecule has 0 aromatic rings. The SMILES string of the molecule is CCC[C@@H]1C[C@@H](NC(=O)[C@H]([C@@H]2O[C@H]([S@@](C)=O)[C@@H](O)[C@H](O)[C@H]2O)[C@H](C)O)N(C)C1. The minimum atomic E-state index is -1.66. The third kappa shape index (κ3) is 5.10. The fourth-order valence-corrected chi connectivity index (χ4v) is 5.08. The van der Waals surface area contributed by atoms with Gasteiger partial charge in [-0.2, -0.15) is 0 Å². The summed E-state index contributed by atoms with van der Waals surface area (Å²) in [6, 6.07) is 0. The lowest BCUT2D eigenvalue weighted by molar-refractivity contribution is -0.219.